The monoisotopic (exact) mass is 238 g/mol. The number of piperidine rings is 1. The fraction of sp³-hybridized carbons (Fsp3) is 0.846. The summed E-state index contributed by atoms with van der Waals surface area (Å²) in [6.07, 6.45) is 4.89. The van der Waals surface area contributed by atoms with E-state index in [1.165, 1.54) is 4.90 Å². The average molecular weight is 238 g/mol. The third-order valence-electron chi connectivity index (χ3n) is 4.17. The molecule has 0 aromatic rings. The Balaban J connectivity index is 2.16. The van der Waals surface area contributed by atoms with E-state index in [9.17, 15) is 9.59 Å². The van der Waals surface area contributed by atoms with E-state index in [0.29, 0.717) is 37.6 Å². The van der Waals surface area contributed by atoms with Crippen molar-refractivity contribution in [2.45, 2.75) is 51.5 Å². The van der Waals surface area contributed by atoms with Gasteiger partial charge in [-0.2, -0.15) is 0 Å². The molecule has 2 N–H and O–H groups in total. The van der Waals surface area contributed by atoms with Crippen LogP contribution in [-0.4, -0.2) is 29.3 Å². The zero-order valence-corrected chi connectivity index (χ0v) is 10.5. The fourth-order valence-electron chi connectivity index (χ4n) is 3.15. The Morgan fingerprint density at radius 1 is 1.24 bits per heavy atom. The second-order valence-corrected chi connectivity index (χ2v) is 5.49. The molecule has 1 aliphatic carbocycles. The largest absolute Gasteiger partial charge is 0.330 e. The van der Waals surface area contributed by atoms with Crippen LogP contribution in [0.2, 0.25) is 0 Å². The normalized spacial score (nSPS) is 35.2. The van der Waals surface area contributed by atoms with Crippen molar-refractivity contribution in [2.24, 2.45) is 17.6 Å². The molecule has 2 aliphatic rings. The molecule has 4 heteroatoms. The van der Waals surface area contributed by atoms with Gasteiger partial charge in [-0.05, 0) is 37.6 Å². The number of nitrogens with zero attached hydrogens (tertiary/aromatic N) is 1. The number of nitrogens with two attached hydrogens (primary N) is 1. The minimum absolute atomic E-state index is 0.0128. The second-order valence-electron chi connectivity index (χ2n) is 5.49. The number of carbonyl (C=O) groups is 2. The van der Waals surface area contributed by atoms with E-state index >= 15 is 0 Å². The van der Waals surface area contributed by atoms with Crippen molar-refractivity contribution in [1.29, 1.82) is 0 Å². The van der Waals surface area contributed by atoms with Gasteiger partial charge < -0.3 is 5.73 Å². The molecular formula is C13H22N2O2. The first-order valence-corrected chi connectivity index (χ1v) is 6.68. The second kappa shape index (κ2) is 5.17. The Morgan fingerprint density at radius 3 is 2.47 bits per heavy atom. The van der Waals surface area contributed by atoms with Gasteiger partial charge in [0.1, 0.15) is 0 Å². The summed E-state index contributed by atoms with van der Waals surface area (Å²) in [7, 11) is 0. The third kappa shape index (κ3) is 2.51. The van der Waals surface area contributed by atoms with Crippen LogP contribution in [0.15, 0.2) is 0 Å². The lowest BCUT2D eigenvalue weighted by Gasteiger charge is -2.42. The molecule has 1 saturated heterocycles. The number of carbonyl (C=O) groups excluding carboxylic acids is 2. The molecule has 1 heterocycles. The van der Waals surface area contributed by atoms with Gasteiger partial charge in [0.25, 0.3) is 0 Å². The lowest BCUT2D eigenvalue weighted by atomic mass is 9.77. The predicted molar refractivity (Wildman–Crippen MR) is 65.1 cm³/mol. The quantitative estimate of drug-likeness (QED) is 0.737. The molecule has 0 spiro atoms. The molecule has 17 heavy (non-hydrogen) atoms. The van der Waals surface area contributed by atoms with Gasteiger partial charge in [0.2, 0.25) is 11.8 Å². The first-order valence-electron chi connectivity index (χ1n) is 6.68. The summed E-state index contributed by atoms with van der Waals surface area (Å²) >= 11 is 0. The van der Waals surface area contributed by atoms with Crippen LogP contribution in [0.4, 0.5) is 0 Å². The molecule has 0 aromatic heterocycles. The van der Waals surface area contributed by atoms with Crippen molar-refractivity contribution in [1.82, 2.24) is 4.90 Å². The number of imide groups is 1. The van der Waals surface area contributed by atoms with Gasteiger partial charge in [0, 0.05) is 18.9 Å². The molecule has 2 amide bonds. The molecule has 2 rings (SSSR count). The molecule has 0 aromatic carbocycles. The number of hydrogen-bond acceptors (Lipinski definition) is 3. The van der Waals surface area contributed by atoms with Crippen molar-refractivity contribution < 1.29 is 9.59 Å². The zero-order chi connectivity index (χ0) is 12.4. The average Bonchev–Trinajstić information content (AvgIpc) is 2.29. The minimum atomic E-state index is 0.0128. The van der Waals surface area contributed by atoms with Crippen LogP contribution in [0.25, 0.3) is 0 Å². The number of rotatable bonds is 2. The van der Waals surface area contributed by atoms with Crippen molar-refractivity contribution >= 4 is 11.8 Å². The summed E-state index contributed by atoms with van der Waals surface area (Å²) < 4.78 is 0. The van der Waals surface area contributed by atoms with E-state index in [1.807, 2.05) is 0 Å². The summed E-state index contributed by atoms with van der Waals surface area (Å²) in [5.41, 5.74) is 5.79. The van der Waals surface area contributed by atoms with Crippen LogP contribution in [0.1, 0.15) is 45.4 Å². The van der Waals surface area contributed by atoms with E-state index in [0.717, 1.165) is 19.3 Å². The molecular weight excluding hydrogens is 216 g/mol. The Labute approximate surface area is 103 Å². The fourth-order valence-corrected chi connectivity index (χ4v) is 3.15. The highest BCUT2D eigenvalue weighted by molar-refractivity contribution is 5.97. The highest BCUT2D eigenvalue weighted by Gasteiger charge is 2.39. The molecule has 0 radical (unpaired) electrons. The molecule has 1 aliphatic heterocycles. The third-order valence-corrected chi connectivity index (χ3v) is 4.17. The summed E-state index contributed by atoms with van der Waals surface area (Å²) in [6, 6.07) is 0.0593. The van der Waals surface area contributed by atoms with Crippen molar-refractivity contribution in [3.63, 3.8) is 0 Å². The molecule has 3 unspecified atom stereocenters. The Morgan fingerprint density at radius 2 is 1.88 bits per heavy atom. The Bertz CT molecular complexity index is 301. The van der Waals surface area contributed by atoms with Crippen LogP contribution in [0, 0.1) is 11.8 Å². The van der Waals surface area contributed by atoms with Crippen molar-refractivity contribution in [3.05, 3.63) is 0 Å². The predicted octanol–water partition coefficient (Wildman–Crippen LogP) is 1.29. The van der Waals surface area contributed by atoms with Gasteiger partial charge in [-0.3, -0.25) is 14.5 Å². The van der Waals surface area contributed by atoms with Gasteiger partial charge >= 0.3 is 0 Å². The van der Waals surface area contributed by atoms with Crippen LogP contribution in [0.3, 0.4) is 0 Å². The van der Waals surface area contributed by atoms with E-state index in [4.69, 9.17) is 5.73 Å². The van der Waals surface area contributed by atoms with Crippen LogP contribution in [0.5, 0.6) is 0 Å². The summed E-state index contributed by atoms with van der Waals surface area (Å²) in [5.74, 6) is 0.917. The maximum Gasteiger partial charge on any atom is 0.229 e. The lowest BCUT2D eigenvalue weighted by molar-refractivity contribution is -0.153. The SMILES string of the molecule is CC1CCC(CN)C(N2C(=O)CCCC2=O)C1. The van der Waals surface area contributed by atoms with Gasteiger partial charge in [-0.25, -0.2) is 0 Å². The minimum Gasteiger partial charge on any atom is -0.330 e. The van der Waals surface area contributed by atoms with E-state index in [1.54, 1.807) is 0 Å². The Kier molecular flexibility index (Phi) is 3.82. The van der Waals surface area contributed by atoms with Gasteiger partial charge in [-0.1, -0.05) is 13.3 Å². The van der Waals surface area contributed by atoms with Gasteiger partial charge in [0.05, 0.1) is 0 Å². The van der Waals surface area contributed by atoms with E-state index in [2.05, 4.69) is 6.92 Å². The van der Waals surface area contributed by atoms with Crippen LogP contribution < -0.4 is 5.73 Å². The highest BCUT2D eigenvalue weighted by atomic mass is 16.2. The standard InChI is InChI=1S/C13H22N2O2/c1-9-5-6-10(8-14)11(7-9)15-12(16)3-2-4-13(15)17/h9-11H,2-8,14H2,1H3. The molecule has 2 fully saturated rings. The molecule has 0 bridgehead atoms. The maximum atomic E-state index is 11.9. The number of likely N-dealkylation sites (tertiary alicyclic amines) is 1. The first-order chi connectivity index (χ1) is 8.13. The molecule has 96 valence electrons. The highest BCUT2D eigenvalue weighted by Crippen LogP contribution is 2.33. The first kappa shape index (κ1) is 12.6. The zero-order valence-electron chi connectivity index (χ0n) is 10.5. The smallest absolute Gasteiger partial charge is 0.229 e. The van der Waals surface area contributed by atoms with Gasteiger partial charge in [-0.15, -0.1) is 0 Å². The number of hydrogen-bond donors (Lipinski definition) is 1. The van der Waals surface area contributed by atoms with E-state index < -0.39 is 0 Å². The van der Waals surface area contributed by atoms with Crippen molar-refractivity contribution in [3.8, 4) is 0 Å². The number of amides is 2. The van der Waals surface area contributed by atoms with Crippen molar-refractivity contribution in [2.75, 3.05) is 6.54 Å². The van der Waals surface area contributed by atoms with Gasteiger partial charge in [0.15, 0.2) is 0 Å². The van der Waals surface area contributed by atoms with Crippen LogP contribution in [-0.2, 0) is 9.59 Å². The molecule has 1 saturated carbocycles. The maximum absolute atomic E-state index is 11.9. The Hall–Kier alpha value is -0.900. The summed E-state index contributed by atoms with van der Waals surface area (Å²) in [4.78, 5) is 25.4. The topological polar surface area (TPSA) is 63.4 Å². The molecule has 3 atom stereocenters. The van der Waals surface area contributed by atoms with Crippen LogP contribution >= 0.6 is 0 Å². The lowest BCUT2D eigenvalue weighted by Crippen LogP contribution is -2.53. The van der Waals surface area contributed by atoms with E-state index in [-0.39, 0.29) is 17.9 Å². The summed E-state index contributed by atoms with van der Waals surface area (Å²) in [6.45, 7) is 2.77. The molecule has 4 nitrogen and oxygen atoms in total. The summed E-state index contributed by atoms with van der Waals surface area (Å²) in [5, 5.41) is 0.